The van der Waals surface area contributed by atoms with Crippen LogP contribution < -0.4 is 4.74 Å². The maximum Gasteiger partial charge on any atom is 0.133 e. The van der Waals surface area contributed by atoms with E-state index in [-0.39, 0.29) is 6.61 Å². The van der Waals surface area contributed by atoms with Crippen LogP contribution in [0.5, 0.6) is 5.75 Å². The summed E-state index contributed by atoms with van der Waals surface area (Å²) < 4.78 is 6.75. The molecule has 0 spiro atoms. The van der Waals surface area contributed by atoms with Crippen LogP contribution in [-0.2, 0) is 13.2 Å². The Morgan fingerprint density at radius 1 is 1.00 bits per heavy atom. The van der Waals surface area contributed by atoms with Crippen LogP contribution in [-0.4, -0.2) is 5.11 Å². The zero-order chi connectivity index (χ0) is 12.1. The molecule has 0 aromatic heterocycles. The molecule has 0 unspecified atom stereocenters. The van der Waals surface area contributed by atoms with Gasteiger partial charge in [0.05, 0.1) is 10.2 Å². The van der Waals surface area contributed by atoms with Gasteiger partial charge in [0, 0.05) is 0 Å². The lowest BCUT2D eigenvalue weighted by Gasteiger charge is -2.09. The van der Waals surface area contributed by atoms with Gasteiger partial charge in [-0.2, -0.15) is 0 Å². The van der Waals surface area contributed by atoms with E-state index in [9.17, 15) is 0 Å². The lowest BCUT2D eigenvalue weighted by Crippen LogP contribution is -1.97. The Morgan fingerprint density at radius 2 is 1.76 bits per heavy atom. The van der Waals surface area contributed by atoms with E-state index in [4.69, 9.17) is 9.84 Å². The second-order valence-electron chi connectivity index (χ2n) is 3.70. The predicted molar refractivity (Wildman–Crippen MR) is 75.9 cm³/mol. The first-order chi connectivity index (χ1) is 8.29. The molecule has 0 radical (unpaired) electrons. The van der Waals surface area contributed by atoms with Crippen molar-refractivity contribution >= 4 is 22.6 Å². The van der Waals surface area contributed by atoms with Gasteiger partial charge in [0.2, 0.25) is 0 Å². The maximum atomic E-state index is 9.02. The minimum absolute atomic E-state index is 0.0645. The molecular formula is C14H13IO2. The zero-order valence-corrected chi connectivity index (χ0v) is 11.4. The second kappa shape index (κ2) is 6.02. The number of rotatable bonds is 4. The highest BCUT2D eigenvalue weighted by molar-refractivity contribution is 14.1. The summed E-state index contributed by atoms with van der Waals surface area (Å²) in [7, 11) is 0. The summed E-state index contributed by atoms with van der Waals surface area (Å²) in [6, 6.07) is 15.8. The van der Waals surface area contributed by atoms with E-state index >= 15 is 0 Å². The van der Waals surface area contributed by atoms with Crippen molar-refractivity contribution in [2.75, 3.05) is 0 Å². The SMILES string of the molecule is OCc1ccc(OCc2ccccc2)c(I)c1. The van der Waals surface area contributed by atoms with Gasteiger partial charge in [-0.15, -0.1) is 0 Å². The third-order valence-electron chi connectivity index (χ3n) is 2.42. The Labute approximate surface area is 114 Å². The van der Waals surface area contributed by atoms with E-state index in [1.54, 1.807) is 0 Å². The Morgan fingerprint density at radius 3 is 2.41 bits per heavy atom. The van der Waals surface area contributed by atoms with Crippen molar-refractivity contribution in [1.29, 1.82) is 0 Å². The van der Waals surface area contributed by atoms with Crippen LogP contribution in [0.15, 0.2) is 48.5 Å². The molecule has 2 rings (SSSR count). The van der Waals surface area contributed by atoms with E-state index < -0.39 is 0 Å². The molecule has 0 saturated heterocycles. The summed E-state index contributed by atoms with van der Waals surface area (Å²) in [6.07, 6.45) is 0. The molecule has 0 heterocycles. The highest BCUT2D eigenvalue weighted by atomic mass is 127. The summed E-state index contributed by atoms with van der Waals surface area (Å²) in [4.78, 5) is 0. The van der Waals surface area contributed by atoms with Gasteiger partial charge in [-0.25, -0.2) is 0 Å². The van der Waals surface area contributed by atoms with Gasteiger partial charge >= 0.3 is 0 Å². The third-order valence-corrected chi connectivity index (χ3v) is 3.26. The Kier molecular flexibility index (Phi) is 4.39. The van der Waals surface area contributed by atoms with Gasteiger partial charge < -0.3 is 9.84 Å². The Bertz CT molecular complexity index is 483. The molecule has 88 valence electrons. The van der Waals surface area contributed by atoms with Gasteiger partial charge in [0.15, 0.2) is 0 Å². The molecule has 2 nitrogen and oxygen atoms in total. The van der Waals surface area contributed by atoms with E-state index in [1.165, 1.54) is 0 Å². The number of ether oxygens (including phenoxy) is 1. The molecule has 2 aromatic rings. The van der Waals surface area contributed by atoms with Crippen molar-refractivity contribution in [2.24, 2.45) is 0 Å². The van der Waals surface area contributed by atoms with Crippen molar-refractivity contribution in [2.45, 2.75) is 13.2 Å². The maximum absolute atomic E-state index is 9.02. The van der Waals surface area contributed by atoms with Crippen LogP contribution in [0.25, 0.3) is 0 Å². The first-order valence-electron chi connectivity index (χ1n) is 5.35. The fraction of sp³-hybridized carbons (Fsp3) is 0.143. The highest BCUT2D eigenvalue weighted by Crippen LogP contribution is 2.23. The molecule has 0 bridgehead atoms. The van der Waals surface area contributed by atoms with Gasteiger partial charge in [-0.05, 0) is 45.9 Å². The van der Waals surface area contributed by atoms with Crippen LogP contribution >= 0.6 is 22.6 Å². The molecule has 0 atom stereocenters. The fourth-order valence-electron chi connectivity index (χ4n) is 1.50. The average Bonchev–Trinajstić information content (AvgIpc) is 2.38. The summed E-state index contributed by atoms with van der Waals surface area (Å²) in [6.45, 7) is 0.629. The molecular weight excluding hydrogens is 327 g/mol. The summed E-state index contributed by atoms with van der Waals surface area (Å²) in [5, 5.41) is 9.02. The number of hydrogen-bond donors (Lipinski definition) is 1. The summed E-state index contributed by atoms with van der Waals surface area (Å²) in [5.41, 5.74) is 2.05. The smallest absolute Gasteiger partial charge is 0.133 e. The number of benzene rings is 2. The predicted octanol–water partition coefficient (Wildman–Crippen LogP) is 3.36. The molecule has 0 aliphatic rings. The molecule has 0 aliphatic heterocycles. The molecule has 2 aromatic carbocycles. The molecule has 0 amide bonds. The standard InChI is InChI=1S/C14H13IO2/c15-13-8-12(9-16)6-7-14(13)17-10-11-4-2-1-3-5-11/h1-8,16H,9-10H2. The molecule has 0 aliphatic carbocycles. The molecule has 3 heteroatoms. The first kappa shape index (κ1) is 12.4. The summed E-state index contributed by atoms with van der Waals surface area (Å²) >= 11 is 2.22. The zero-order valence-electron chi connectivity index (χ0n) is 9.27. The van der Waals surface area contributed by atoms with E-state index in [1.807, 2.05) is 48.5 Å². The van der Waals surface area contributed by atoms with Crippen molar-refractivity contribution in [1.82, 2.24) is 0 Å². The number of hydrogen-bond acceptors (Lipinski definition) is 2. The normalized spacial score (nSPS) is 10.2. The topological polar surface area (TPSA) is 29.5 Å². The van der Waals surface area contributed by atoms with Crippen LogP contribution in [0, 0.1) is 3.57 Å². The van der Waals surface area contributed by atoms with Crippen LogP contribution in [0.4, 0.5) is 0 Å². The first-order valence-corrected chi connectivity index (χ1v) is 6.43. The number of halogens is 1. The molecule has 0 saturated carbocycles. The lowest BCUT2D eigenvalue weighted by atomic mass is 10.2. The van der Waals surface area contributed by atoms with E-state index in [0.29, 0.717) is 6.61 Å². The molecule has 17 heavy (non-hydrogen) atoms. The molecule has 0 fully saturated rings. The fourth-order valence-corrected chi connectivity index (χ4v) is 2.23. The minimum atomic E-state index is 0.0645. The largest absolute Gasteiger partial charge is 0.488 e. The highest BCUT2D eigenvalue weighted by Gasteiger charge is 2.02. The lowest BCUT2D eigenvalue weighted by molar-refractivity contribution is 0.280. The van der Waals surface area contributed by atoms with Crippen LogP contribution in [0.2, 0.25) is 0 Å². The quantitative estimate of drug-likeness (QED) is 0.865. The Balaban J connectivity index is 2.04. The third kappa shape index (κ3) is 3.44. The van der Waals surface area contributed by atoms with E-state index in [2.05, 4.69) is 22.6 Å². The number of aliphatic hydroxyl groups excluding tert-OH is 1. The number of aliphatic hydroxyl groups is 1. The van der Waals surface area contributed by atoms with E-state index in [0.717, 1.165) is 20.4 Å². The van der Waals surface area contributed by atoms with Gasteiger partial charge in [-0.1, -0.05) is 36.4 Å². The van der Waals surface area contributed by atoms with Gasteiger partial charge in [-0.3, -0.25) is 0 Å². The van der Waals surface area contributed by atoms with Gasteiger partial charge in [0.25, 0.3) is 0 Å². The molecule has 1 N–H and O–H groups in total. The van der Waals surface area contributed by atoms with Crippen molar-refractivity contribution in [3.63, 3.8) is 0 Å². The second-order valence-corrected chi connectivity index (χ2v) is 4.86. The summed E-state index contributed by atoms with van der Waals surface area (Å²) in [5.74, 6) is 0.853. The van der Waals surface area contributed by atoms with Crippen molar-refractivity contribution in [3.8, 4) is 5.75 Å². The van der Waals surface area contributed by atoms with Crippen molar-refractivity contribution < 1.29 is 9.84 Å². The Hall–Kier alpha value is -1.07. The minimum Gasteiger partial charge on any atom is -0.488 e. The monoisotopic (exact) mass is 340 g/mol. The van der Waals surface area contributed by atoms with Crippen LogP contribution in [0.3, 0.4) is 0 Å². The average molecular weight is 340 g/mol. The van der Waals surface area contributed by atoms with Crippen LogP contribution in [0.1, 0.15) is 11.1 Å². The van der Waals surface area contributed by atoms with Crippen molar-refractivity contribution in [3.05, 3.63) is 63.2 Å². The van der Waals surface area contributed by atoms with Gasteiger partial charge in [0.1, 0.15) is 12.4 Å².